The Kier molecular flexibility index (Phi) is 5.83. The van der Waals surface area contributed by atoms with Gasteiger partial charge in [0.05, 0.1) is 6.10 Å². The average molecular weight is 244 g/mol. The fourth-order valence-corrected chi connectivity index (χ4v) is 0.945. The molecule has 0 spiro atoms. The summed E-state index contributed by atoms with van der Waals surface area (Å²) in [5.74, 6) is 0. The second-order valence-electron chi connectivity index (χ2n) is 2.00. The Morgan fingerprint density at radius 2 is 2.11 bits per heavy atom. The summed E-state index contributed by atoms with van der Waals surface area (Å²) >= 11 is 2.19. The molecular formula is C6H13IO2. The molecule has 0 aliphatic rings. The van der Waals surface area contributed by atoms with E-state index < -0.39 is 0 Å². The third-order valence-electron chi connectivity index (χ3n) is 1.23. The summed E-state index contributed by atoms with van der Waals surface area (Å²) in [6.07, 6.45) is 1.13. The molecule has 0 aliphatic heterocycles. The van der Waals surface area contributed by atoms with Gasteiger partial charge in [0.1, 0.15) is 0 Å². The van der Waals surface area contributed by atoms with E-state index in [9.17, 15) is 0 Å². The zero-order chi connectivity index (χ0) is 7.28. The minimum atomic E-state index is -0.333. The lowest BCUT2D eigenvalue weighted by Gasteiger charge is -2.13. The largest absolute Gasteiger partial charge is 0.396 e. The number of aliphatic hydroxyl groups is 2. The quantitative estimate of drug-likeness (QED) is 0.570. The first-order valence-corrected chi connectivity index (χ1v) is 4.40. The highest BCUT2D eigenvalue weighted by molar-refractivity contribution is 14.1. The van der Waals surface area contributed by atoms with Crippen molar-refractivity contribution >= 4 is 22.6 Å². The number of rotatable bonds is 4. The fraction of sp³-hybridized carbons (Fsp3) is 1.00. The number of alkyl halides is 1. The lowest BCUT2D eigenvalue weighted by Crippen LogP contribution is -2.20. The van der Waals surface area contributed by atoms with Crippen LogP contribution in [0.1, 0.15) is 19.8 Å². The van der Waals surface area contributed by atoms with Crippen LogP contribution in [-0.4, -0.2) is 26.8 Å². The summed E-state index contributed by atoms with van der Waals surface area (Å²) in [7, 11) is 0. The van der Waals surface area contributed by atoms with Gasteiger partial charge in [0, 0.05) is 10.5 Å². The molecule has 0 bridgehead atoms. The van der Waals surface area contributed by atoms with Crippen molar-refractivity contribution in [1.29, 1.82) is 0 Å². The SMILES string of the molecule is CC[C@H](I)[C@H](O)CCO. The van der Waals surface area contributed by atoms with Gasteiger partial charge in [-0.25, -0.2) is 0 Å². The van der Waals surface area contributed by atoms with Crippen LogP contribution in [-0.2, 0) is 0 Å². The van der Waals surface area contributed by atoms with Crippen LogP contribution in [0.3, 0.4) is 0 Å². The summed E-state index contributed by atoms with van der Waals surface area (Å²) in [4.78, 5) is 0. The minimum absolute atomic E-state index is 0.0840. The maximum Gasteiger partial charge on any atom is 0.0679 e. The lowest BCUT2D eigenvalue weighted by atomic mass is 10.1. The van der Waals surface area contributed by atoms with E-state index in [0.717, 1.165) is 6.42 Å². The first kappa shape index (κ1) is 9.65. The average Bonchev–Trinajstić information content (AvgIpc) is 1.87. The van der Waals surface area contributed by atoms with Crippen molar-refractivity contribution in [2.75, 3.05) is 6.61 Å². The van der Waals surface area contributed by atoms with Gasteiger partial charge in [0.2, 0.25) is 0 Å². The Hall–Kier alpha value is 0.650. The van der Waals surface area contributed by atoms with Gasteiger partial charge in [-0.05, 0) is 12.8 Å². The lowest BCUT2D eigenvalue weighted by molar-refractivity contribution is 0.133. The van der Waals surface area contributed by atoms with Gasteiger partial charge in [0.15, 0.2) is 0 Å². The standard InChI is InChI=1S/C6H13IO2/c1-2-5(7)6(9)3-4-8/h5-6,8-9H,2-4H2,1H3/t5-,6+/m0/s1. The molecule has 56 valence electrons. The molecule has 0 heterocycles. The number of hydrogen-bond acceptors (Lipinski definition) is 2. The van der Waals surface area contributed by atoms with Crippen LogP contribution in [0.5, 0.6) is 0 Å². The highest BCUT2D eigenvalue weighted by Crippen LogP contribution is 2.12. The van der Waals surface area contributed by atoms with E-state index in [2.05, 4.69) is 22.6 Å². The normalized spacial score (nSPS) is 17.3. The van der Waals surface area contributed by atoms with Crippen LogP contribution >= 0.6 is 22.6 Å². The molecule has 0 fully saturated rings. The van der Waals surface area contributed by atoms with Crippen LogP contribution in [0.25, 0.3) is 0 Å². The molecule has 2 atom stereocenters. The van der Waals surface area contributed by atoms with E-state index in [-0.39, 0.29) is 16.6 Å². The molecule has 0 aromatic heterocycles. The third-order valence-corrected chi connectivity index (χ3v) is 2.94. The van der Waals surface area contributed by atoms with Crippen molar-refractivity contribution in [3.8, 4) is 0 Å². The molecule has 0 amide bonds. The van der Waals surface area contributed by atoms with Crippen LogP contribution in [0, 0.1) is 0 Å². The topological polar surface area (TPSA) is 40.5 Å². The monoisotopic (exact) mass is 244 g/mol. The number of aliphatic hydroxyl groups excluding tert-OH is 2. The van der Waals surface area contributed by atoms with Gasteiger partial charge in [-0.1, -0.05) is 29.5 Å². The Morgan fingerprint density at radius 1 is 1.56 bits per heavy atom. The van der Waals surface area contributed by atoms with Crippen LogP contribution in [0.15, 0.2) is 0 Å². The van der Waals surface area contributed by atoms with E-state index in [0.29, 0.717) is 6.42 Å². The molecule has 0 aliphatic carbocycles. The Morgan fingerprint density at radius 3 is 2.44 bits per heavy atom. The van der Waals surface area contributed by atoms with Crippen LogP contribution in [0.4, 0.5) is 0 Å². The molecular weight excluding hydrogens is 231 g/mol. The number of hydrogen-bond donors (Lipinski definition) is 2. The molecule has 0 rings (SSSR count). The van der Waals surface area contributed by atoms with Crippen molar-refractivity contribution in [2.45, 2.75) is 29.8 Å². The van der Waals surface area contributed by atoms with Gasteiger partial charge in [0.25, 0.3) is 0 Å². The summed E-state index contributed by atoms with van der Waals surface area (Å²) in [5, 5.41) is 17.6. The van der Waals surface area contributed by atoms with Gasteiger partial charge >= 0.3 is 0 Å². The van der Waals surface area contributed by atoms with E-state index in [1.54, 1.807) is 0 Å². The van der Waals surface area contributed by atoms with E-state index in [1.807, 2.05) is 6.92 Å². The van der Waals surface area contributed by atoms with Gasteiger partial charge in [-0.15, -0.1) is 0 Å². The molecule has 0 aromatic rings. The van der Waals surface area contributed by atoms with Gasteiger partial charge in [-0.2, -0.15) is 0 Å². The minimum Gasteiger partial charge on any atom is -0.396 e. The van der Waals surface area contributed by atoms with E-state index >= 15 is 0 Å². The molecule has 0 saturated carbocycles. The van der Waals surface area contributed by atoms with Gasteiger partial charge in [-0.3, -0.25) is 0 Å². The smallest absolute Gasteiger partial charge is 0.0679 e. The zero-order valence-corrected chi connectivity index (χ0v) is 7.71. The van der Waals surface area contributed by atoms with Crippen molar-refractivity contribution in [3.05, 3.63) is 0 Å². The summed E-state index contributed by atoms with van der Waals surface area (Å²) in [6, 6.07) is 0. The third kappa shape index (κ3) is 4.11. The predicted octanol–water partition coefficient (Wildman–Crippen LogP) is 0.943. The Bertz CT molecular complexity index is 68.1. The summed E-state index contributed by atoms with van der Waals surface area (Å²) in [5.41, 5.74) is 0. The molecule has 9 heavy (non-hydrogen) atoms. The fourth-order valence-electron chi connectivity index (χ4n) is 0.585. The van der Waals surface area contributed by atoms with Crippen molar-refractivity contribution in [1.82, 2.24) is 0 Å². The molecule has 0 saturated heterocycles. The van der Waals surface area contributed by atoms with Crippen molar-refractivity contribution < 1.29 is 10.2 Å². The molecule has 3 heteroatoms. The van der Waals surface area contributed by atoms with E-state index in [4.69, 9.17) is 10.2 Å². The first-order chi connectivity index (χ1) is 4.22. The molecule has 2 nitrogen and oxygen atoms in total. The number of halogens is 1. The van der Waals surface area contributed by atoms with Gasteiger partial charge < -0.3 is 10.2 Å². The maximum atomic E-state index is 9.15. The Labute approximate surface area is 69.4 Å². The van der Waals surface area contributed by atoms with Crippen molar-refractivity contribution in [3.63, 3.8) is 0 Å². The predicted molar refractivity (Wildman–Crippen MR) is 45.8 cm³/mol. The maximum absolute atomic E-state index is 9.15. The zero-order valence-electron chi connectivity index (χ0n) is 5.55. The highest BCUT2D eigenvalue weighted by atomic mass is 127. The summed E-state index contributed by atoms with van der Waals surface area (Å²) in [6.45, 7) is 2.11. The van der Waals surface area contributed by atoms with Crippen LogP contribution < -0.4 is 0 Å². The van der Waals surface area contributed by atoms with Crippen LogP contribution in [0.2, 0.25) is 0 Å². The molecule has 0 aromatic carbocycles. The summed E-state index contributed by atoms with van der Waals surface area (Å²) < 4.78 is 0.287. The van der Waals surface area contributed by atoms with E-state index in [1.165, 1.54) is 0 Å². The Balaban J connectivity index is 3.32. The van der Waals surface area contributed by atoms with Crippen molar-refractivity contribution in [2.24, 2.45) is 0 Å². The molecule has 0 radical (unpaired) electrons. The molecule has 2 N–H and O–H groups in total. The second-order valence-corrected chi connectivity index (χ2v) is 3.60. The second kappa shape index (κ2) is 5.44. The highest BCUT2D eigenvalue weighted by Gasteiger charge is 2.11. The first-order valence-electron chi connectivity index (χ1n) is 3.15. The molecule has 0 unspecified atom stereocenters.